The summed E-state index contributed by atoms with van der Waals surface area (Å²) in [5.41, 5.74) is 1.99. The maximum absolute atomic E-state index is 13.1. The Labute approximate surface area is 188 Å². The number of nitrogens with zero attached hydrogens (tertiary/aromatic N) is 3. The minimum Gasteiger partial charge on any atom is -0.484 e. The third-order valence-electron chi connectivity index (χ3n) is 4.97. The topological polar surface area (TPSA) is 54.9 Å². The predicted molar refractivity (Wildman–Crippen MR) is 124 cm³/mol. The molecule has 0 unspecified atom stereocenters. The van der Waals surface area contributed by atoms with Gasteiger partial charge in [0, 0.05) is 30.7 Å². The minimum atomic E-state index is -0.0945. The van der Waals surface area contributed by atoms with Crippen LogP contribution in [0.25, 0.3) is 10.2 Å². The molecule has 1 aliphatic rings. The summed E-state index contributed by atoms with van der Waals surface area (Å²) in [6.45, 7) is 6.56. The summed E-state index contributed by atoms with van der Waals surface area (Å²) in [4.78, 5) is 21.9. The molecular formula is C22H24BrN3O3S. The first-order valence-corrected chi connectivity index (χ1v) is 11.6. The molecule has 2 aromatic carbocycles. The monoisotopic (exact) mass is 489 g/mol. The third-order valence-corrected chi connectivity index (χ3v) is 6.50. The smallest absolute Gasteiger partial charge is 0.266 e. The van der Waals surface area contributed by atoms with Gasteiger partial charge in [-0.05, 0) is 42.8 Å². The quantitative estimate of drug-likeness (QED) is 0.499. The van der Waals surface area contributed by atoms with Crippen molar-refractivity contribution in [2.75, 3.05) is 50.9 Å². The van der Waals surface area contributed by atoms with E-state index in [1.165, 1.54) is 11.3 Å². The maximum Gasteiger partial charge on any atom is 0.266 e. The number of halogens is 1. The fraction of sp³-hybridized carbons (Fsp3) is 0.364. The van der Waals surface area contributed by atoms with Gasteiger partial charge in [0.2, 0.25) is 0 Å². The van der Waals surface area contributed by atoms with Gasteiger partial charge >= 0.3 is 0 Å². The second-order valence-electron chi connectivity index (χ2n) is 7.21. The molecule has 0 atom stereocenters. The molecule has 1 aliphatic heterocycles. The van der Waals surface area contributed by atoms with E-state index in [1.807, 2.05) is 49.4 Å². The van der Waals surface area contributed by atoms with E-state index in [1.54, 1.807) is 4.90 Å². The predicted octanol–water partition coefficient (Wildman–Crippen LogP) is 4.11. The molecular weight excluding hydrogens is 466 g/mol. The molecule has 3 aromatic rings. The molecule has 2 heterocycles. The second kappa shape index (κ2) is 9.87. The van der Waals surface area contributed by atoms with Crippen molar-refractivity contribution in [3.8, 4) is 5.75 Å². The Kier molecular flexibility index (Phi) is 6.99. The molecule has 0 radical (unpaired) electrons. The van der Waals surface area contributed by atoms with Crippen LogP contribution in [0.15, 0.2) is 46.9 Å². The number of aromatic nitrogens is 1. The maximum atomic E-state index is 13.1. The lowest BCUT2D eigenvalue weighted by Gasteiger charge is -2.29. The Bertz CT molecular complexity index is 1020. The van der Waals surface area contributed by atoms with Crippen molar-refractivity contribution in [1.82, 2.24) is 9.88 Å². The zero-order chi connectivity index (χ0) is 20.9. The van der Waals surface area contributed by atoms with Crippen LogP contribution in [-0.4, -0.2) is 61.8 Å². The van der Waals surface area contributed by atoms with E-state index in [4.69, 9.17) is 14.5 Å². The molecule has 1 saturated heterocycles. The van der Waals surface area contributed by atoms with E-state index in [-0.39, 0.29) is 12.5 Å². The molecule has 6 nitrogen and oxygen atoms in total. The first-order valence-electron chi connectivity index (χ1n) is 9.94. The van der Waals surface area contributed by atoms with Gasteiger partial charge in [0.1, 0.15) is 5.75 Å². The molecule has 0 bridgehead atoms. The average molecular weight is 490 g/mol. The number of carbonyl (C=O) groups is 1. The van der Waals surface area contributed by atoms with Crippen molar-refractivity contribution in [2.24, 2.45) is 0 Å². The van der Waals surface area contributed by atoms with E-state index in [2.05, 4.69) is 20.8 Å². The number of aryl methyl sites for hydroxylation is 1. The molecule has 1 amide bonds. The Morgan fingerprint density at radius 1 is 1.27 bits per heavy atom. The summed E-state index contributed by atoms with van der Waals surface area (Å²) in [7, 11) is 0. The zero-order valence-electron chi connectivity index (χ0n) is 16.8. The minimum absolute atomic E-state index is 0.0216. The number of morpholine rings is 1. The summed E-state index contributed by atoms with van der Waals surface area (Å²) in [6, 6.07) is 13.7. The number of ether oxygens (including phenoxy) is 2. The van der Waals surface area contributed by atoms with Crippen molar-refractivity contribution in [1.29, 1.82) is 0 Å². The highest BCUT2D eigenvalue weighted by atomic mass is 79.9. The summed E-state index contributed by atoms with van der Waals surface area (Å²) < 4.78 is 13.3. The van der Waals surface area contributed by atoms with E-state index in [9.17, 15) is 4.79 Å². The second-order valence-corrected chi connectivity index (χ2v) is 9.14. The van der Waals surface area contributed by atoms with Crippen LogP contribution in [0.3, 0.4) is 0 Å². The molecule has 0 aliphatic carbocycles. The number of hydrogen-bond acceptors (Lipinski definition) is 6. The zero-order valence-corrected chi connectivity index (χ0v) is 19.2. The Hall–Kier alpha value is -2.00. The molecule has 0 N–H and O–H groups in total. The van der Waals surface area contributed by atoms with Crippen LogP contribution in [0.5, 0.6) is 5.75 Å². The fourth-order valence-electron chi connectivity index (χ4n) is 3.32. The van der Waals surface area contributed by atoms with E-state index in [0.29, 0.717) is 17.4 Å². The number of hydrogen-bond donors (Lipinski definition) is 0. The number of thiazole rings is 1. The van der Waals surface area contributed by atoms with E-state index < -0.39 is 0 Å². The highest BCUT2D eigenvalue weighted by Crippen LogP contribution is 2.31. The number of fused-ring (bicyclic) bond motifs is 1. The number of anilines is 1. The van der Waals surface area contributed by atoms with Crippen molar-refractivity contribution >= 4 is 48.5 Å². The van der Waals surface area contributed by atoms with Crippen LogP contribution in [0, 0.1) is 6.92 Å². The first-order chi connectivity index (χ1) is 14.6. The van der Waals surface area contributed by atoms with Gasteiger partial charge in [-0.3, -0.25) is 14.6 Å². The van der Waals surface area contributed by atoms with Crippen LogP contribution in [0.1, 0.15) is 5.56 Å². The summed E-state index contributed by atoms with van der Waals surface area (Å²) in [5, 5.41) is 0.703. The van der Waals surface area contributed by atoms with Crippen LogP contribution < -0.4 is 9.64 Å². The van der Waals surface area contributed by atoms with Crippen LogP contribution in [-0.2, 0) is 9.53 Å². The largest absolute Gasteiger partial charge is 0.484 e. The SMILES string of the molecule is Cc1cccc(OCC(=O)N(CCN2CCOCC2)c2nc3ccc(Br)cc3s2)c1. The molecule has 30 heavy (non-hydrogen) atoms. The van der Waals surface area contributed by atoms with Crippen molar-refractivity contribution < 1.29 is 14.3 Å². The lowest BCUT2D eigenvalue weighted by Crippen LogP contribution is -2.44. The summed E-state index contributed by atoms with van der Waals surface area (Å²) in [5.74, 6) is 0.604. The van der Waals surface area contributed by atoms with Gasteiger partial charge < -0.3 is 9.47 Å². The highest BCUT2D eigenvalue weighted by molar-refractivity contribution is 9.10. The summed E-state index contributed by atoms with van der Waals surface area (Å²) >= 11 is 5.03. The fourth-order valence-corrected chi connectivity index (χ4v) is 4.88. The lowest BCUT2D eigenvalue weighted by molar-refractivity contribution is -0.120. The normalized spacial score (nSPS) is 14.7. The van der Waals surface area contributed by atoms with Gasteiger partial charge in [0.05, 0.1) is 23.4 Å². The molecule has 1 aromatic heterocycles. The Balaban J connectivity index is 1.51. The average Bonchev–Trinajstić information content (AvgIpc) is 3.16. The van der Waals surface area contributed by atoms with Gasteiger partial charge in [-0.15, -0.1) is 0 Å². The standard InChI is InChI=1S/C22H24BrN3O3S/c1-16-3-2-4-18(13-16)29-15-21(27)26(8-7-25-9-11-28-12-10-25)22-24-19-6-5-17(23)14-20(19)30-22/h2-6,13-14H,7-12,15H2,1H3. The third kappa shape index (κ3) is 5.37. The van der Waals surface area contributed by atoms with Crippen molar-refractivity contribution in [3.63, 3.8) is 0 Å². The van der Waals surface area contributed by atoms with Gasteiger partial charge in [-0.1, -0.05) is 39.4 Å². The molecule has 8 heteroatoms. The molecule has 0 spiro atoms. The molecule has 4 rings (SSSR count). The van der Waals surface area contributed by atoms with Gasteiger partial charge in [-0.2, -0.15) is 0 Å². The Morgan fingerprint density at radius 2 is 2.10 bits per heavy atom. The summed E-state index contributed by atoms with van der Waals surface area (Å²) in [6.07, 6.45) is 0. The molecule has 1 fully saturated rings. The lowest BCUT2D eigenvalue weighted by atomic mass is 10.2. The highest BCUT2D eigenvalue weighted by Gasteiger charge is 2.22. The van der Waals surface area contributed by atoms with Crippen LogP contribution >= 0.6 is 27.3 Å². The van der Waals surface area contributed by atoms with Crippen LogP contribution in [0.2, 0.25) is 0 Å². The number of amides is 1. The van der Waals surface area contributed by atoms with Crippen LogP contribution in [0.4, 0.5) is 5.13 Å². The molecule has 158 valence electrons. The van der Waals surface area contributed by atoms with E-state index in [0.717, 1.165) is 53.1 Å². The van der Waals surface area contributed by atoms with E-state index >= 15 is 0 Å². The Morgan fingerprint density at radius 3 is 2.90 bits per heavy atom. The van der Waals surface area contributed by atoms with Crippen molar-refractivity contribution in [3.05, 3.63) is 52.5 Å². The van der Waals surface area contributed by atoms with Gasteiger partial charge in [-0.25, -0.2) is 4.98 Å². The molecule has 0 saturated carbocycles. The first kappa shape index (κ1) is 21.2. The van der Waals surface area contributed by atoms with Crippen molar-refractivity contribution in [2.45, 2.75) is 6.92 Å². The van der Waals surface area contributed by atoms with Gasteiger partial charge in [0.15, 0.2) is 11.7 Å². The number of carbonyl (C=O) groups excluding carboxylic acids is 1. The van der Waals surface area contributed by atoms with Gasteiger partial charge in [0.25, 0.3) is 5.91 Å². The number of benzene rings is 2. The number of rotatable bonds is 7.